The Morgan fingerprint density at radius 1 is 1.11 bits per heavy atom. The van der Waals surface area contributed by atoms with Crippen LogP contribution in [0.5, 0.6) is 11.5 Å². The minimum atomic E-state index is -0.463. The molecule has 2 aromatic rings. The predicted molar refractivity (Wildman–Crippen MR) is 110 cm³/mol. The molecule has 1 aliphatic heterocycles. The van der Waals surface area contributed by atoms with Crippen LogP contribution >= 0.6 is 0 Å². The molecular weight excluding hydrogens is 354 g/mol. The Bertz CT molecular complexity index is 928. The first-order chi connectivity index (χ1) is 13.5. The van der Waals surface area contributed by atoms with Gasteiger partial charge < -0.3 is 14.2 Å². The maximum atomic E-state index is 12.2. The Morgan fingerprint density at radius 3 is 2.64 bits per heavy atom. The monoisotopic (exact) mass is 379 g/mol. The summed E-state index contributed by atoms with van der Waals surface area (Å²) in [7, 11) is 0. The molecule has 2 aromatic carbocycles. The Kier molecular flexibility index (Phi) is 6.14. The first-order valence-electron chi connectivity index (χ1n) is 9.45. The molecule has 0 saturated heterocycles. The zero-order chi connectivity index (χ0) is 20.1. The molecule has 1 heterocycles. The number of nitrogens with zero attached hydrogens (tertiary/aromatic N) is 1. The largest absolute Gasteiger partial charge is 0.490 e. The number of ether oxygens (including phenoxy) is 3. The Labute approximate surface area is 165 Å². The van der Waals surface area contributed by atoms with E-state index in [1.807, 2.05) is 56.3 Å². The van der Waals surface area contributed by atoms with E-state index in [0.29, 0.717) is 36.5 Å². The number of aryl methyl sites for hydroxylation is 1. The van der Waals surface area contributed by atoms with Gasteiger partial charge in [-0.1, -0.05) is 37.6 Å². The molecule has 0 bridgehead atoms. The van der Waals surface area contributed by atoms with E-state index in [0.717, 1.165) is 16.7 Å². The third-order valence-corrected chi connectivity index (χ3v) is 4.03. The number of rotatable bonds is 7. The summed E-state index contributed by atoms with van der Waals surface area (Å²) in [6, 6.07) is 13.3. The van der Waals surface area contributed by atoms with Crippen LogP contribution in [0.3, 0.4) is 0 Å². The molecule has 146 valence electrons. The van der Waals surface area contributed by atoms with Gasteiger partial charge in [0.25, 0.3) is 0 Å². The second kappa shape index (κ2) is 8.74. The number of carbonyl (C=O) groups excluding carboxylic acids is 1. The van der Waals surface area contributed by atoms with E-state index in [4.69, 9.17) is 14.2 Å². The maximum Gasteiger partial charge on any atom is 0.363 e. The van der Waals surface area contributed by atoms with Crippen LogP contribution in [0, 0.1) is 12.8 Å². The molecule has 28 heavy (non-hydrogen) atoms. The number of cyclic esters (lactones) is 1. The van der Waals surface area contributed by atoms with Crippen molar-refractivity contribution in [2.75, 3.05) is 13.2 Å². The summed E-state index contributed by atoms with van der Waals surface area (Å²) < 4.78 is 16.9. The van der Waals surface area contributed by atoms with Crippen LogP contribution in [0.15, 0.2) is 53.2 Å². The summed E-state index contributed by atoms with van der Waals surface area (Å²) in [5, 5.41) is 0. The first kappa shape index (κ1) is 19.7. The van der Waals surface area contributed by atoms with E-state index in [1.165, 1.54) is 0 Å². The van der Waals surface area contributed by atoms with Gasteiger partial charge in [0.2, 0.25) is 5.90 Å². The molecule has 0 unspecified atom stereocenters. The number of carbonyl (C=O) groups is 1. The number of hydrogen-bond acceptors (Lipinski definition) is 5. The highest BCUT2D eigenvalue weighted by atomic mass is 16.6. The molecule has 0 N–H and O–H groups in total. The summed E-state index contributed by atoms with van der Waals surface area (Å²) >= 11 is 0. The molecule has 5 nitrogen and oxygen atoms in total. The van der Waals surface area contributed by atoms with Gasteiger partial charge in [0.1, 0.15) is 0 Å². The summed E-state index contributed by atoms with van der Waals surface area (Å²) in [5.41, 5.74) is 2.91. The van der Waals surface area contributed by atoms with Crippen LogP contribution in [-0.2, 0) is 9.53 Å². The van der Waals surface area contributed by atoms with Crippen molar-refractivity contribution in [3.05, 3.63) is 64.9 Å². The van der Waals surface area contributed by atoms with Crippen molar-refractivity contribution in [1.82, 2.24) is 0 Å². The van der Waals surface area contributed by atoms with Gasteiger partial charge in [-0.05, 0) is 55.7 Å². The molecule has 0 saturated carbocycles. The molecule has 0 amide bonds. The van der Waals surface area contributed by atoms with E-state index in [-0.39, 0.29) is 5.70 Å². The van der Waals surface area contributed by atoms with Crippen molar-refractivity contribution in [1.29, 1.82) is 0 Å². The van der Waals surface area contributed by atoms with Crippen LogP contribution in [0.25, 0.3) is 6.08 Å². The molecule has 1 aliphatic rings. The lowest BCUT2D eigenvalue weighted by Crippen LogP contribution is -2.06. The third-order valence-electron chi connectivity index (χ3n) is 4.03. The van der Waals surface area contributed by atoms with E-state index in [2.05, 4.69) is 18.8 Å². The van der Waals surface area contributed by atoms with E-state index < -0.39 is 5.97 Å². The molecule has 5 heteroatoms. The summed E-state index contributed by atoms with van der Waals surface area (Å²) in [6.45, 7) is 9.22. The Balaban J connectivity index is 1.87. The molecular formula is C23H25NO4. The van der Waals surface area contributed by atoms with Crippen LogP contribution in [0.2, 0.25) is 0 Å². The normalized spacial score (nSPS) is 15.0. The van der Waals surface area contributed by atoms with Crippen LogP contribution in [-0.4, -0.2) is 25.1 Å². The molecule has 0 fully saturated rings. The predicted octanol–water partition coefficient (Wildman–Crippen LogP) is 4.77. The zero-order valence-electron chi connectivity index (χ0n) is 16.7. The Morgan fingerprint density at radius 2 is 1.93 bits per heavy atom. The maximum absolute atomic E-state index is 12.2. The molecule has 3 rings (SSSR count). The van der Waals surface area contributed by atoms with Crippen molar-refractivity contribution in [3.63, 3.8) is 0 Å². The Hall–Kier alpha value is -3.08. The zero-order valence-corrected chi connectivity index (χ0v) is 16.7. The molecule has 0 aromatic heterocycles. The van der Waals surface area contributed by atoms with Gasteiger partial charge in [0.15, 0.2) is 17.2 Å². The van der Waals surface area contributed by atoms with Crippen LogP contribution in [0.4, 0.5) is 0 Å². The lowest BCUT2D eigenvalue weighted by atomic mass is 10.1. The van der Waals surface area contributed by atoms with E-state index >= 15 is 0 Å². The summed E-state index contributed by atoms with van der Waals surface area (Å²) in [5.74, 6) is 1.61. The highest BCUT2D eigenvalue weighted by Crippen LogP contribution is 2.30. The van der Waals surface area contributed by atoms with Crippen molar-refractivity contribution in [3.8, 4) is 11.5 Å². The second-order valence-corrected chi connectivity index (χ2v) is 7.05. The van der Waals surface area contributed by atoms with Crippen LogP contribution < -0.4 is 9.47 Å². The summed E-state index contributed by atoms with van der Waals surface area (Å²) in [6.07, 6.45) is 1.69. The van der Waals surface area contributed by atoms with Gasteiger partial charge in [-0.2, -0.15) is 0 Å². The summed E-state index contributed by atoms with van der Waals surface area (Å²) in [4.78, 5) is 16.6. The smallest absolute Gasteiger partial charge is 0.363 e. The number of benzene rings is 2. The highest BCUT2D eigenvalue weighted by Gasteiger charge is 2.24. The third kappa shape index (κ3) is 4.80. The number of aliphatic imine (C=N–C) groups is 1. The second-order valence-electron chi connectivity index (χ2n) is 7.05. The van der Waals surface area contributed by atoms with Gasteiger partial charge >= 0.3 is 5.97 Å². The highest BCUT2D eigenvalue weighted by molar-refractivity contribution is 6.12. The topological polar surface area (TPSA) is 57.1 Å². The van der Waals surface area contributed by atoms with Crippen molar-refractivity contribution < 1.29 is 19.0 Å². The quantitative estimate of drug-likeness (QED) is 0.513. The van der Waals surface area contributed by atoms with Gasteiger partial charge in [-0.25, -0.2) is 9.79 Å². The van der Waals surface area contributed by atoms with E-state index in [1.54, 1.807) is 6.08 Å². The van der Waals surface area contributed by atoms with Crippen LogP contribution in [0.1, 0.15) is 37.5 Å². The minimum Gasteiger partial charge on any atom is -0.490 e. The van der Waals surface area contributed by atoms with Crippen molar-refractivity contribution in [2.24, 2.45) is 10.9 Å². The molecule has 0 spiro atoms. The number of esters is 1. The minimum absolute atomic E-state index is 0.259. The average Bonchev–Trinajstić information content (AvgIpc) is 3.02. The first-order valence-corrected chi connectivity index (χ1v) is 9.45. The standard InChI is InChI=1S/C23H25NO4/c1-5-26-21-13-17(9-10-20(21)27-14-15(2)3)12-19-23(25)28-22(24-19)18-8-6-7-16(4)11-18/h6-13,15H,5,14H2,1-4H3/b19-12-. The van der Waals surface area contributed by atoms with Gasteiger partial charge in [0.05, 0.1) is 13.2 Å². The van der Waals surface area contributed by atoms with Crippen molar-refractivity contribution in [2.45, 2.75) is 27.7 Å². The van der Waals surface area contributed by atoms with Gasteiger partial charge in [0, 0.05) is 5.56 Å². The molecule has 0 aliphatic carbocycles. The molecule has 0 radical (unpaired) electrons. The SMILES string of the molecule is CCOc1cc(/C=C2\N=C(c3cccc(C)c3)OC2=O)ccc1OCC(C)C. The van der Waals surface area contributed by atoms with E-state index in [9.17, 15) is 4.79 Å². The molecule has 0 atom stereocenters. The fourth-order valence-electron chi connectivity index (χ4n) is 2.73. The lowest BCUT2D eigenvalue weighted by Gasteiger charge is -2.14. The van der Waals surface area contributed by atoms with Gasteiger partial charge in [-0.3, -0.25) is 0 Å². The number of hydrogen-bond donors (Lipinski definition) is 0. The fraction of sp³-hybridized carbons (Fsp3) is 0.304. The lowest BCUT2D eigenvalue weighted by molar-refractivity contribution is -0.129. The van der Waals surface area contributed by atoms with Gasteiger partial charge in [-0.15, -0.1) is 0 Å². The fourth-order valence-corrected chi connectivity index (χ4v) is 2.73. The average molecular weight is 379 g/mol. The van der Waals surface area contributed by atoms with Crippen molar-refractivity contribution >= 4 is 17.9 Å².